The topological polar surface area (TPSA) is 45.7 Å². The molecule has 0 saturated carbocycles. The highest BCUT2D eigenvalue weighted by Crippen LogP contribution is 2.28. The smallest absolute Gasteiger partial charge is 0.125 e. The fourth-order valence-electron chi connectivity index (χ4n) is 3.26. The summed E-state index contributed by atoms with van der Waals surface area (Å²) in [7, 11) is 2.18. The Hall–Kier alpha value is -1.56. The molecule has 0 spiro atoms. The number of piperazine rings is 1. The summed E-state index contributed by atoms with van der Waals surface area (Å²) in [5.41, 5.74) is 2.21. The first-order valence-electron chi connectivity index (χ1n) is 8.15. The van der Waals surface area contributed by atoms with Gasteiger partial charge in [-0.1, -0.05) is 13.0 Å². The normalized spacial score (nSPS) is 17.6. The zero-order chi connectivity index (χ0) is 15.5. The van der Waals surface area contributed by atoms with Crippen molar-refractivity contribution in [1.29, 1.82) is 0 Å². The number of phenols is 1. The SMILES string of the molecule is CCN(CCc1c[nH]c2cccc(O)c12)N1CCN(C)CC1. The molecule has 2 N–H and O–H groups in total. The van der Waals surface area contributed by atoms with Gasteiger partial charge in [-0.25, -0.2) is 10.0 Å². The molecule has 22 heavy (non-hydrogen) atoms. The van der Waals surface area contributed by atoms with Gasteiger partial charge in [0.1, 0.15) is 5.75 Å². The molecule has 0 radical (unpaired) electrons. The average Bonchev–Trinajstić information content (AvgIpc) is 2.94. The maximum absolute atomic E-state index is 10.1. The van der Waals surface area contributed by atoms with Crippen molar-refractivity contribution in [2.24, 2.45) is 0 Å². The number of aromatic hydroxyl groups is 1. The van der Waals surface area contributed by atoms with E-state index in [1.54, 1.807) is 6.07 Å². The minimum absolute atomic E-state index is 0.372. The number of hydrogen-bond donors (Lipinski definition) is 2. The second-order valence-electron chi connectivity index (χ2n) is 6.07. The number of nitrogens with zero attached hydrogens (tertiary/aromatic N) is 3. The Morgan fingerprint density at radius 1 is 1.23 bits per heavy atom. The molecule has 0 unspecified atom stereocenters. The molecule has 0 atom stereocenters. The third-order valence-electron chi connectivity index (χ3n) is 4.65. The van der Waals surface area contributed by atoms with Gasteiger partial charge in [0.25, 0.3) is 0 Å². The summed E-state index contributed by atoms with van der Waals surface area (Å²) in [6.45, 7) is 8.69. The van der Waals surface area contributed by atoms with Gasteiger partial charge in [0.05, 0.1) is 0 Å². The Balaban J connectivity index is 1.67. The number of phenolic OH excluding ortho intramolecular Hbond substituents is 1. The Morgan fingerprint density at radius 2 is 2.00 bits per heavy atom. The van der Waals surface area contributed by atoms with E-state index >= 15 is 0 Å². The van der Waals surface area contributed by atoms with Crippen molar-refractivity contribution in [2.75, 3.05) is 46.3 Å². The summed E-state index contributed by atoms with van der Waals surface area (Å²) >= 11 is 0. The van der Waals surface area contributed by atoms with Gasteiger partial charge in [0.2, 0.25) is 0 Å². The van der Waals surface area contributed by atoms with E-state index in [-0.39, 0.29) is 0 Å². The molecule has 3 rings (SSSR count). The number of benzene rings is 1. The third-order valence-corrected chi connectivity index (χ3v) is 4.65. The predicted molar refractivity (Wildman–Crippen MR) is 90.0 cm³/mol. The summed E-state index contributed by atoms with van der Waals surface area (Å²) in [6.07, 6.45) is 2.97. The molecule has 120 valence electrons. The van der Waals surface area contributed by atoms with Crippen molar-refractivity contribution in [3.05, 3.63) is 30.0 Å². The lowest BCUT2D eigenvalue weighted by atomic mass is 10.1. The molecule has 1 aromatic heterocycles. The highest BCUT2D eigenvalue weighted by Gasteiger charge is 2.19. The Morgan fingerprint density at radius 3 is 2.73 bits per heavy atom. The molecule has 0 aliphatic carbocycles. The minimum atomic E-state index is 0.372. The number of rotatable bonds is 5. The molecule has 2 heterocycles. The number of aromatic nitrogens is 1. The van der Waals surface area contributed by atoms with E-state index in [9.17, 15) is 5.11 Å². The maximum atomic E-state index is 10.1. The maximum Gasteiger partial charge on any atom is 0.125 e. The van der Waals surface area contributed by atoms with Crippen LogP contribution in [0.25, 0.3) is 10.9 Å². The summed E-state index contributed by atoms with van der Waals surface area (Å²) in [6, 6.07) is 5.65. The van der Waals surface area contributed by atoms with E-state index in [4.69, 9.17) is 0 Å². The van der Waals surface area contributed by atoms with Gasteiger partial charge >= 0.3 is 0 Å². The van der Waals surface area contributed by atoms with Crippen LogP contribution in [0.4, 0.5) is 0 Å². The lowest BCUT2D eigenvalue weighted by molar-refractivity contribution is -0.0490. The van der Waals surface area contributed by atoms with E-state index in [1.165, 1.54) is 5.56 Å². The van der Waals surface area contributed by atoms with Crippen molar-refractivity contribution in [2.45, 2.75) is 13.3 Å². The Bertz CT molecular complexity index is 616. The van der Waals surface area contributed by atoms with Gasteiger partial charge in [-0.05, 0) is 31.2 Å². The first-order valence-corrected chi connectivity index (χ1v) is 8.15. The zero-order valence-corrected chi connectivity index (χ0v) is 13.5. The molecule has 5 nitrogen and oxygen atoms in total. The number of aromatic amines is 1. The molecule has 0 bridgehead atoms. The monoisotopic (exact) mass is 302 g/mol. The number of hydrogen-bond acceptors (Lipinski definition) is 4. The van der Waals surface area contributed by atoms with Gasteiger partial charge in [-0.3, -0.25) is 0 Å². The van der Waals surface area contributed by atoms with E-state index in [0.717, 1.165) is 56.6 Å². The van der Waals surface area contributed by atoms with Crippen LogP contribution < -0.4 is 0 Å². The largest absolute Gasteiger partial charge is 0.507 e. The van der Waals surface area contributed by atoms with Crippen LogP contribution in [-0.2, 0) is 6.42 Å². The second kappa shape index (κ2) is 6.69. The van der Waals surface area contributed by atoms with Crippen LogP contribution in [0.1, 0.15) is 12.5 Å². The number of H-pyrrole nitrogens is 1. The highest BCUT2D eigenvalue weighted by atomic mass is 16.3. The van der Waals surface area contributed by atoms with Crippen molar-refractivity contribution in [3.63, 3.8) is 0 Å². The highest BCUT2D eigenvalue weighted by molar-refractivity contribution is 5.88. The van der Waals surface area contributed by atoms with Crippen LogP contribution in [0.15, 0.2) is 24.4 Å². The molecule has 1 fully saturated rings. The number of nitrogens with one attached hydrogen (secondary N) is 1. The summed E-state index contributed by atoms with van der Waals surface area (Å²) in [5, 5.41) is 16.0. The van der Waals surface area contributed by atoms with Gasteiger partial charge in [-0.2, -0.15) is 0 Å². The molecular formula is C17H26N4O. The molecule has 5 heteroatoms. The van der Waals surface area contributed by atoms with Crippen LogP contribution >= 0.6 is 0 Å². The zero-order valence-electron chi connectivity index (χ0n) is 13.5. The van der Waals surface area contributed by atoms with Gasteiger partial charge in [0, 0.05) is 56.4 Å². The van der Waals surface area contributed by atoms with Gasteiger partial charge in [-0.15, -0.1) is 0 Å². The summed E-state index contributed by atoms with van der Waals surface area (Å²) < 4.78 is 0. The van der Waals surface area contributed by atoms with Crippen molar-refractivity contribution < 1.29 is 5.11 Å². The van der Waals surface area contributed by atoms with E-state index in [2.05, 4.69) is 33.9 Å². The van der Waals surface area contributed by atoms with Crippen molar-refractivity contribution >= 4 is 10.9 Å². The van der Waals surface area contributed by atoms with Crippen LogP contribution in [-0.4, -0.2) is 71.3 Å². The average molecular weight is 302 g/mol. The molecule has 1 aromatic carbocycles. The lowest BCUT2D eigenvalue weighted by Gasteiger charge is -2.39. The second-order valence-corrected chi connectivity index (χ2v) is 6.07. The van der Waals surface area contributed by atoms with Gasteiger partial charge in [0.15, 0.2) is 0 Å². The molecule has 2 aromatic rings. The third kappa shape index (κ3) is 3.11. The van der Waals surface area contributed by atoms with Crippen LogP contribution in [0.3, 0.4) is 0 Å². The number of hydrazine groups is 1. The quantitative estimate of drug-likeness (QED) is 0.885. The van der Waals surface area contributed by atoms with Crippen LogP contribution in [0.5, 0.6) is 5.75 Å². The molecule has 1 saturated heterocycles. The predicted octanol–water partition coefficient (Wildman–Crippen LogP) is 1.90. The number of fused-ring (bicyclic) bond motifs is 1. The molecular weight excluding hydrogens is 276 g/mol. The lowest BCUT2D eigenvalue weighted by Crippen LogP contribution is -2.53. The van der Waals surface area contributed by atoms with E-state index < -0.39 is 0 Å². The Labute approximate surface area is 132 Å². The molecule has 0 amide bonds. The minimum Gasteiger partial charge on any atom is -0.507 e. The van der Waals surface area contributed by atoms with Crippen molar-refractivity contribution in [3.8, 4) is 5.75 Å². The summed E-state index contributed by atoms with van der Waals surface area (Å²) in [5.74, 6) is 0.372. The van der Waals surface area contributed by atoms with Crippen LogP contribution in [0, 0.1) is 0 Å². The van der Waals surface area contributed by atoms with Gasteiger partial charge < -0.3 is 15.0 Å². The standard InChI is InChI=1S/C17H26N4O/c1-3-20(21-11-9-19(2)10-12-21)8-7-14-13-18-15-5-4-6-16(22)17(14)15/h4-6,13,18,22H,3,7-12H2,1-2H3. The fourth-order valence-corrected chi connectivity index (χ4v) is 3.26. The molecule has 1 aliphatic heterocycles. The Kier molecular flexibility index (Phi) is 4.66. The fraction of sp³-hybridized carbons (Fsp3) is 0.529. The first-order chi connectivity index (χ1) is 10.7. The van der Waals surface area contributed by atoms with E-state index in [0.29, 0.717) is 5.75 Å². The first kappa shape index (κ1) is 15.3. The molecule has 1 aliphatic rings. The van der Waals surface area contributed by atoms with E-state index in [1.807, 2.05) is 18.3 Å². The number of likely N-dealkylation sites (N-methyl/N-ethyl adjacent to an activating group) is 2. The van der Waals surface area contributed by atoms with Crippen molar-refractivity contribution in [1.82, 2.24) is 19.9 Å². The summed E-state index contributed by atoms with van der Waals surface area (Å²) in [4.78, 5) is 5.63. The van der Waals surface area contributed by atoms with Crippen LogP contribution in [0.2, 0.25) is 0 Å².